The number of rotatable bonds is 2. The zero-order valence-corrected chi connectivity index (χ0v) is 11.5. The first-order chi connectivity index (χ1) is 11.0. The first kappa shape index (κ1) is 14.8. The molecule has 3 N–H and O–H groups in total. The lowest BCUT2D eigenvalue weighted by atomic mass is 10.2. The largest absolute Gasteiger partial charge is 0.385 e. The second-order valence-electron chi connectivity index (χ2n) is 4.66. The van der Waals surface area contributed by atoms with E-state index >= 15 is 0 Å². The second-order valence-corrected chi connectivity index (χ2v) is 4.66. The first-order valence-electron chi connectivity index (χ1n) is 6.44. The van der Waals surface area contributed by atoms with Crippen molar-refractivity contribution in [1.29, 1.82) is 0 Å². The molecule has 3 aromatic rings. The van der Waals surface area contributed by atoms with Gasteiger partial charge in [-0.15, -0.1) is 10.2 Å². The third-order valence-corrected chi connectivity index (χ3v) is 3.23. The number of hydrogen-bond acceptors (Lipinski definition) is 3. The molecular weight excluding hydrogens is 309 g/mol. The number of anilines is 1. The van der Waals surface area contributed by atoms with Gasteiger partial charge in [0.15, 0.2) is 23.3 Å². The van der Waals surface area contributed by atoms with E-state index < -0.39 is 28.9 Å². The summed E-state index contributed by atoms with van der Waals surface area (Å²) in [4.78, 5) is 14.5. The SMILES string of the molecule is Nc1[nH]c(N=NC(=O)c2ccc(F)c(F)c2F)c2ccccc12. The Labute approximate surface area is 127 Å². The van der Waals surface area contributed by atoms with Crippen LogP contribution in [0.5, 0.6) is 0 Å². The molecule has 5 nitrogen and oxygen atoms in total. The molecule has 1 heterocycles. The smallest absolute Gasteiger partial charge is 0.298 e. The van der Waals surface area contributed by atoms with Gasteiger partial charge in [-0.1, -0.05) is 24.3 Å². The van der Waals surface area contributed by atoms with E-state index in [1.54, 1.807) is 24.3 Å². The number of nitrogen functional groups attached to an aromatic ring is 1. The number of carbonyl (C=O) groups excluding carboxylic acids is 1. The van der Waals surface area contributed by atoms with Crippen molar-refractivity contribution in [3.05, 3.63) is 59.4 Å². The molecule has 0 bridgehead atoms. The number of nitrogens with two attached hydrogens (primary N) is 1. The number of halogens is 3. The maximum Gasteiger partial charge on any atom is 0.298 e. The number of aromatic amines is 1. The molecule has 116 valence electrons. The van der Waals surface area contributed by atoms with Crippen LogP contribution < -0.4 is 5.73 Å². The molecule has 0 radical (unpaired) electrons. The highest BCUT2D eigenvalue weighted by Crippen LogP contribution is 2.30. The zero-order valence-electron chi connectivity index (χ0n) is 11.5. The van der Waals surface area contributed by atoms with Crippen molar-refractivity contribution in [2.24, 2.45) is 10.2 Å². The lowest BCUT2D eigenvalue weighted by molar-refractivity contribution is 0.0990. The van der Waals surface area contributed by atoms with E-state index in [4.69, 9.17) is 5.73 Å². The van der Waals surface area contributed by atoms with E-state index in [0.29, 0.717) is 22.7 Å². The lowest BCUT2D eigenvalue weighted by Gasteiger charge is -1.99. The topological polar surface area (TPSA) is 83.6 Å². The maximum atomic E-state index is 13.5. The third kappa shape index (κ3) is 2.54. The summed E-state index contributed by atoms with van der Waals surface area (Å²) in [5.41, 5.74) is 5.05. The molecule has 0 saturated carbocycles. The average Bonchev–Trinajstić information content (AvgIpc) is 2.87. The van der Waals surface area contributed by atoms with Gasteiger partial charge in [0.2, 0.25) is 0 Å². The summed E-state index contributed by atoms with van der Waals surface area (Å²) < 4.78 is 39.5. The van der Waals surface area contributed by atoms with Crippen LogP contribution in [0.25, 0.3) is 10.8 Å². The molecule has 8 heteroatoms. The summed E-state index contributed by atoms with van der Waals surface area (Å²) in [7, 11) is 0. The van der Waals surface area contributed by atoms with Crippen LogP contribution in [0.4, 0.5) is 24.8 Å². The number of aromatic nitrogens is 1. The lowest BCUT2D eigenvalue weighted by Crippen LogP contribution is -2.02. The van der Waals surface area contributed by atoms with Crippen molar-refractivity contribution in [2.45, 2.75) is 0 Å². The summed E-state index contributed by atoms with van der Waals surface area (Å²) in [5.74, 6) is -5.33. The molecule has 1 aromatic heterocycles. The van der Waals surface area contributed by atoms with Gasteiger partial charge in [-0.2, -0.15) is 0 Å². The molecule has 0 aliphatic rings. The van der Waals surface area contributed by atoms with E-state index in [0.717, 1.165) is 6.07 Å². The molecule has 0 atom stereocenters. The number of amides is 1. The highest BCUT2D eigenvalue weighted by atomic mass is 19.2. The van der Waals surface area contributed by atoms with E-state index in [-0.39, 0.29) is 5.82 Å². The minimum atomic E-state index is -1.74. The van der Waals surface area contributed by atoms with Gasteiger partial charge in [-0.3, -0.25) is 4.79 Å². The van der Waals surface area contributed by atoms with E-state index in [1.807, 2.05) is 0 Å². The van der Waals surface area contributed by atoms with Crippen LogP contribution in [-0.2, 0) is 0 Å². The number of hydrogen-bond donors (Lipinski definition) is 2. The fourth-order valence-corrected chi connectivity index (χ4v) is 2.11. The van der Waals surface area contributed by atoms with Crippen LogP contribution in [-0.4, -0.2) is 10.9 Å². The summed E-state index contributed by atoms with van der Waals surface area (Å²) >= 11 is 0. The Balaban J connectivity index is 1.96. The van der Waals surface area contributed by atoms with Gasteiger partial charge in [0, 0.05) is 10.8 Å². The van der Waals surface area contributed by atoms with Gasteiger partial charge in [0.05, 0.1) is 5.56 Å². The zero-order chi connectivity index (χ0) is 16.6. The predicted octanol–water partition coefficient (Wildman–Crippen LogP) is 4.09. The molecule has 1 amide bonds. The summed E-state index contributed by atoms with van der Waals surface area (Å²) in [6.07, 6.45) is 0. The third-order valence-electron chi connectivity index (χ3n) is 3.23. The van der Waals surface area contributed by atoms with Crippen LogP contribution in [0.1, 0.15) is 10.4 Å². The van der Waals surface area contributed by atoms with E-state index in [1.165, 1.54) is 0 Å². The number of benzene rings is 2. The highest BCUT2D eigenvalue weighted by molar-refractivity contribution is 6.00. The van der Waals surface area contributed by atoms with Crippen molar-refractivity contribution in [3.63, 3.8) is 0 Å². The van der Waals surface area contributed by atoms with Crippen molar-refractivity contribution in [3.8, 4) is 0 Å². The van der Waals surface area contributed by atoms with Gasteiger partial charge in [0.1, 0.15) is 5.82 Å². The molecule has 0 aliphatic heterocycles. The van der Waals surface area contributed by atoms with Gasteiger partial charge in [-0.05, 0) is 12.1 Å². The van der Waals surface area contributed by atoms with E-state index in [2.05, 4.69) is 15.2 Å². The molecule has 0 unspecified atom stereocenters. The molecular formula is C15H9F3N4O. The number of fused-ring (bicyclic) bond motifs is 1. The Morgan fingerprint density at radius 2 is 1.70 bits per heavy atom. The standard InChI is InChI=1S/C15H9F3N4O/c16-10-6-5-9(11(17)12(10)18)15(23)22-21-14-8-4-2-1-3-7(8)13(19)20-14/h1-6,20H,19H2. The number of H-pyrrole nitrogens is 1. The normalized spacial score (nSPS) is 11.4. The Bertz CT molecular complexity index is 949. The Morgan fingerprint density at radius 1 is 1.00 bits per heavy atom. The van der Waals surface area contributed by atoms with E-state index in [9.17, 15) is 18.0 Å². The van der Waals surface area contributed by atoms with Crippen LogP contribution in [0.3, 0.4) is 0 Å². The summed E-state index contributed by atoms with van der Waals surface area (Å²) in [5, 5.41) is 8.32. The molecule has 0 saturated heterocycles. The predicted molar refractivity (Wildman–Crippen MR) is 77.9 cm³/mol. The summed E-state index contributed by atoms with van der Waals surface area (Å²) in [6.45, 7) is 0. The summed E-state index contributed by atoms with van der Waals surface area (Å²) in [6, 6.07) is 8.41. The Morgan fingerprint density at radius 3 is 2.43 bits per heavy atom. The molecule has 0 spiro atoms. The van der Waals surface area contributed by atoms with Crippen LogP contribution in [0.15, 0.2) is 46.6 Å². The fraction of sp³-hybridized carbons (Fsp3) is 0. The highest BCUT2D eigenvalue weighted by Gasteiger charge is 2.18. The molecule has 0 fully saturated rings. The van der Waals surface area contributed by atoms with Crippen LogP contribution in [0, 0.1) is 17.5 Å². The quantitative estimate of drug-likeness (QED) is 0.551. The minimum Gasteiger partial charge on any atom is -0.385 e. The number of nitrogens with one attached hydrogen (secondary N) is 1. The molecule has 3 rings (SSSR count). The Kier molecular flexibility index (Phi) is 3.57. The number of carbonyl (C=O) groups is 1. The minimum absolute atomic E-state index is 0.203. The van der Waals surface area contributed by atoms with Crippen molar-refractivity contribution in [2.75, 3.05) is 5.73 Å². The van der Waals surface area contributed by atoms with Gasteiger partial charge >= 0.3 is 0 Å². The molecule has 2 aromatic carbocycles. The van der Waals surface area contributed by atoms with Crippen molar-refractivity contribution < 1.29 is 18.0 Å². The average molecular weight is 318 g/mol. The first-order valence-corrected chi connectivity index (χ1v) is 6.44. The maximum absolute atomic E-state index is 13.5. The molecule has 23 heavy (non-hydrogen) atoms. The van der Waals surface area contributed by atoms with Gasteiger partial charge < -0.3 is 10.7 Å². The van der Waals surface area contributed by atoms with Gasteiger partial charge in [-0.25, -0.2) is 13.2 Å². The number of azo groups is 1. The van der Waals surface area contributed by atoms with Crippen molar-refractivity contribution in [1.82, 2.24) is 4.98 Å². The van der Waals surface area contributed by atoms with Crippen LogP contribution in [0.2, 0.25) is 0 Å². The Hall–Kier alpha value is -3.16. The van der Waals surface area contributed by atoms with Crippen molar-refractivity contribution >= 4 is 28.3 Å². The second kappa shape index (κ2) is 5.56. The number of nitrogens with zero attached hydrogens (tertiary/aromatic N) is 2. The van der Waals surface area contributed by atoms with Crippen LogP contribution >= 0.6 is 0 Å². The fourth-order valence-electron chi connectivity index (χ4n) is 2.11. The molecule has 0 aliphatic carbocycles. The van der Waals surface area contributed by atoms with Gasteiger partial charge in [0.25, 0.3) is 5.91 Å². The monoisotopic (exact) mass is 318 g/mol.